The van der Waals surface area contributed by atoms with Crippen LogP contribution in [0.4, 0.5) is 0 Å². The van der Waals surface area contributed by atoms with Gasteiger partial charge in [-0.2, -0.15) is 0 Å². The monoisotopic (exact) mass is 270 g/mol. The molecule has 1 saturated heterocycles. The number of cyclic esters (lactones) is 1. The minimum Gasteiger partial charge on any atom is -0.458 e. The van der Waals surface area contributed by atoms with Gasteiger partial charge in [-0.1, -0.05) is 13.8 Å². The summed E-state index contributed by atoms with van der Waals surface area (Å²) in [6.45, 7) is 8.61. The molecule has 6 heteroatoms. The fourth-order valence-corrected chi connectivity index (χ4v) is 2.09. The van der Waals surface area contributed by atoms with Gasteiger partial charge in [-0.25, -0.2) is 4.79 Å². The first kappa shape index (κ1) is 15.5. The van der Waals surface area contributed by atoms with Crippen LogP contribution in [0.2, 0.25) is 0 Å². The number of hydrogen-bond acceptors (Lipinski definition) is 4. The predicted molar refractivity (Wildman–Crippen MR) is 69.2 cm³/mol. The fraction of sp³-hybridized carbons (Fsp3) is 0.769. The molecule has 2 N–H and O–H groups in total. The second kappa shape index (κ2) is 5.59. The van der Waals surface area contributed by atoms with Crippen LogP contribution in [-0.4, -0.2) is 35.5 Å². The summed E-state index contributed by atoms with van der Waals surface area (Å²) in [7, 11) is 0. The van der Waals surface area contributed by atoms with E-state index in [0.717, 1.165) is 0 Å². The molecule has 0 spiro atoms. The Bertz CT molecular complexity index is 390. The SMILES string of the molecule is CC(=O)N[C@H](C(=O)N[C@H]1CC(C)(C)OC1=O)C(C)C. The van der Waals surface area contributed by atoms with Crippen LogP contribution in [0.3, 0.4) is 0 Å². The lowest BCUT2D eigenvalue weighted by molar-refractivity contribution is -0.148. The maximum Gasteiger partial charge on any atom is 0.329 e. The van der Waals surface area contributed by atoms with Gasteiger partial charge in [0.25, 0.3) is 0 Å². The molecule has 0 aliphatic carbocycles. The van der Waals surface area contributed by atoms with E-state index in [1.54, 1.807) is 13.8 Å². The molecule has 2 atom stereocenters. The Balaban J connectivity index is 2.67. The molecule has 6 nitrogen and oxygen atoms in total. The number of ether oxygens (including phenoxy) is 1. The van der Waals surface area contributed by atoms with Crippen molar-refractivity contribution in [3.8, 4) is 0 Å². The van der Waals surface area contributed by atoms with Gasteiger partial charge >= 0.3 is 5.97 Å². The highest BCUT2D eigenvalue weighted by molar-refractivity contribution is 5.91. The average molecular weight is 270 g/mol. The molecule has 0 aromatic carbocycles. The molecule has 0 unspecified atom stereocenters. The van der Waals surface area contributed by atoms with Crippen molar-refractivity contribution in [3.63, 3.8) is 0 Å². The zero-order chi connectivity index (χ0) is 14.8. The van der Waals surface area contributed by atoms with Crippen molar-refractivity contribution < 1.29 is 19.1 Å². The van der Waals surface area contributed by atoms with Crippen LogP contribution < -0.4 is 10.6 Å². The van der Waals surface area contributed by atoms with Crippen LogP contribution >= 0.6 is 0 Å². The minimum absolute atomic E-state index is 0.0608. The quantitative estimate of drug-likeness (QED) is 0.722. The Labute approximate surface area is 113 Å². The summed E-state index contributed by atoms with van der Waals surface area (Å²) in [5.41, 5.74) is -0.559. The third-order valence-corrected chi connectivity index (χ3v) is 2.98. The molecule has 1 aliphatic heterocycles. The van der Waals surface area contributed by atoms with Gasteiger partial charge < -0.3 is 15.4 Å². The van der Waals surface area contributed by atoms with Gasteiger partial charge in [-0.15, -0.1) is 0 Å². The second-order valence-corrected chi connectivity index (χ2v) is 5.87. The first-order valence-electron chi connectivity index (χ1n) is 6.43. The minimum atomic E-state index is -0.644. The van der Waals surface area contributed by atoms with Crippen molar-refractivity contribution in [2.24, 2.45) is 5.92 Å². The first-order valence-corrected chi connectivity index (χ1v) is 6.43. The molecule has 1 rings (SSSR count). The van der Waals surface area contributed by atoms with Gasteiger partial charge in [0.1, 0.15) is 17.7 Å². The van der Waals surface area contributed by atoms with Crippen LogP contribution in [0.1, 0.15) is 41.0 Å². The third kappa shape index (κ3) is 4.22. The summed E-state index contributed by atoms with van der Waals surface area (Å²) >= 11 is 0. The number of esters is 1. The smallest absolute Gasteiger partial charge is 0.329 e. The van der Waals surface area contributed by atoms with Crippen LogP contribution in [0.5, 0.6) is 0 Å². The average Bonchev–Trinajstić information content (AvgIpc) is 2.47. The van der Waals surface area contributed by atoms with Crippen molar-refractivity contribution in [2.75, 3.05) is 0 Å². The van der Waals surface area contributed by atoms with Crippen molar-refractivity contribution in [3.05, 3.63) is 0 Å². The summed E-state index contributed by atoms with van der Waals surface area (Å²) in [5, 5.41) is 5.23. The largest absolute Gasteiger partial charge is 0.458 e. The lowest BCUT2D eigenvalue weighted by Crippen LogP contribution is -2.52. The molecule has 0 aromatic rings. The number of amides is 2. The molecule has 1 fully saturated rings. The lowest BCUT2D eigenvalue weighted by Gasteiger charge is -2.22. The van der Waals surface area contributed by atoms with Crippen molar-refractivity contribution in [2.45, 2.75) is 58.7 Å². The number of rotatable bonds is 4. The molecule has 0 saturated carbocycles. The third-order valence-electron chi connectivity index (χ3n) is 2.98. The summed E-state index contributed by atoms with van der Waals surface area (Å²) < 4.78 is 5.14. The molecule has 0 bridgehead atoms. The predicted octanol–water partition coefficient (Wildman–Crippen LogP) is 0.357. The van der Waals surface area contributed by atoms with E-state index < -0.39 is 23.7 Å². The van der Waals surface area contributed by atoms with Crippen LogP contribution in [0, 0.1) is 5.92 Å². The van der Waals surface area contributed by atoms with Gasteiger partial charge in [-0.3, -0.25) is 9.59 Å². The summed E-state index contributed by atoms with van der Waals surface area (Å²) in [4.78, 5) is 34.8. The maximum atomic E-state index is 12.1. The van der Waals surface area contributed by atoms with E-state index in [0.29, 0.717) is 6.42 Å². The van der Waals surface area contributed by atoms with E-state index in [9.17, 15) is 14.4 Å². The highest BCUT2D eigenvalue weighted by atomic mass is 16.6. The van der Waals surface area contributed by atoms with Crippen molar-refractivity contribution in [1.82, 2.24) is 10.6 Å². The first-order chi connectivity index (χ1) is 8.62. The van der Waals surface area contributed by atoms with Gasteiger partial charge in [0.2, 0.25) is 11.8 Å². The molecular weight excluding hydrogens is 248 g/mol. The Morgan fingerprint density at radius 1 is 1.37 bits per heavy atom. The zero-order valence-electron chi connectivity index (χ0n) is 12.1. The zero-order valence-corrected chi connectivity index (χ0v) is 12.1. The van der Waals surface area contributed by atoms with Crippen molar-refractivity contribution >= 4 is 17.8 Å². The van der Waals surface area contributed by atoms with E-state index in [1.165, 1.54) is 6.92 Å². The highest BCUT2D eigenvalue weighted by Gasteiger charge is 2.41. The molecule has 108 valence electrons. The molecule has 2 amide bonds. The normalized spacial score (nSPS) is 22.8. The van der Waals surface area contributed by atoms with E-state index in [4.69, 9.17) is 4.74 Å². The Morgan fingerprint density at radius 3 is 2.32 bits per heavy atom. The van der Waals surface area contributed by atoms with E-state index in [-0.39, 0.29) is 17.7 Å². The van der Waals surface area contributed by atoms with E-state index in [1.807, 2.05) is 13.8 Å². The molecule has 0 aromatic heterocycles. The van der Waals surface area contributed by atoms with Crippen LogP contribution in [-0.2, 0) is 19.1 Å². The molecule has 0 radical (unpaired) electrons. The van der Waals surface area contributed by atoms with Gasteiger partial charge in [0.15, 0.2) is 0 Å². The standard InChI is InChI=1S/C13H22N2O4/c1-7(2)10(14-8(3)16)11(17)15-9-6-13(4,5)19-12(9)18/h7,9-10H,6H2,1-5H3,(H,14,16)(H,15,17)/t9-,10-/m0/s1. The molecular formula is C13H22N2O4. The maximum absolute atomic E-state index is 12.1. The molecule has 19 heavy (non-hydrogen) atoms. The lowest BCUT2D eigenvalue weighted by atomic mass is 10.0. The summed E-state index contributed by atoms with van der Waals surface area (Å²) in [5.74, 6) is -1.12. The van der Waals surface area contributed by atoms with Gasteiger partial charge in [-0.05, 0) is 19.8 Å². The second-order valence-electron chi connectivity index (χ2n) is 5.87. The van der Waals surface area contributed by atoms with Crippen molar-refractivity contribution in [1.29, 1.82) is 0 Å². The number of nitrogens with one attached hydrogen (secondary N) is 2. The van der Waals surface area contributed by atoms with Crippen LogP contribution in [0.25, 0.3) is 0 Å². The fourth-order valence-electron chi connectivity index (χ4n) is 2.09. The number of carbonyl (C=O) groups is 3. The molecule has 1 heterocycles. The van der Waals surface area contributed by atoms with E-state index >= 15 is 0 Å². The number of carbonyl (C=O) groups excluding carboxylic acids is 3. The highest BCUT2D eigenvalue weighted by Crippen LogP contribution is 2.25. The Hall–Kier alpha value is -1.59. The number of hydrogen-bond donors (Lipinski definition) is 2. The van der Waals surface area contributed by atoms with E-state index in [2.05, 4.69) is 10.6 Å². The Morgan fingerprint density at radius 2 is 1.95 bits per heavy atom. The summed E-state index contributed by atoms with van der Waals surface area (Å²) in [6, 6.07) is -1.29. The van der Waals surface area contributed by atoms with Crippen LogP contribution in [0.15, 0.2) is 0 Å². The topological polar surface area (TPSA) is 84.5 Å². The Kier molecular flexibility index (Phi) is 4.55. The molecule has 1 aliphatic rings. The van der Waals surface area contributed by atoms with Gasteiger partial charge in [0.05, 0.1) is 0 Å². The van der Waals surface area contributed by atoms with Gasteiger partial charge in [0, 0.05) is 13.3 Å². The summed E-state index contributed by atoms with van der Waals surface area (Å²) in [6.07, 6.45) is 0.433.